The maximum Gasteiger partial charge on any atom is 0.271 e. The second-order valence-electron chi connectivity index (χ2n) is 6.57. The molecule has 3 rings (SSSR count). The average molecular weight is 397 g/mol. The first-order valence-electron chi connectivity index (χ1n) is 9.22. The Labute approximate surface area is 168 Å². The molecule has 0 radical (unpaired) electrons. The number of carbonyl (C=O) groups excluding carboxylic acids is 2. The molecule has 146 valence electrons. The Kier molecular flexibility index (Phi) is 6.60. The molecule has 2 heterocycles. The van der Waals surface area contributed by atoms with Crippen LogP contribution in [-0.2, 0) is 13.5 Å². The molecule has 0 spiro atoms. The number of aromatic nitrogens is 2. The summed E-state index contributed by atoms with van der Waals surface area (Å²) in [5.74, 6) is -0.282. The monoisotopic (exact) mass is 396 g/mol. The summed E-state index contributed by atoms with van der Waals surface area (Å²) in [5.41, 5.74) is 3.05. The van der Waals surface area contributed by atoms with Crippen molar-refractivity contribution in [2.75, 3.05) is 13.1 Å². The van der Waals surface area contributed by atoms with Gasteiger partial charge in [-0.2, -0.15) is 5.10 Å². The minimum atomic E-state index is -0.198. The number of nitrogens with zero attached hydrogens (tertiary/aromatic N) is 2. The van der Waals surface area contributed by atoms with Crippen LogP contribution in [0.3, 0.4) is 0 Å². The molecule has 3 aromatic rings. The molecule has 2 N–H and O–H groups in total. The lowest BCUT2D eigenvalue weighted by Gasteiger charge is -2.10. The van der Waals surface area contributed by atoms with Gasteiger partial charge in [0.1, 0.15) is 5.69 Å². The Morgan fingerprint density at radius 1 is 1.07 bits per heavy atom. The van der Waals surface area contributed by atoms with Crippen molar-refractivity contribution in [2.45, 2.75) is 19.8 Å². The van der Waals surface area contributed by atoms with Crippen LogP contribution in [-0.4, -0.2) is 34.7 Å². The van der Waals surface area contributed by atoms with E-state index in [9.17, 15) is 9.59 Å². The fourth-order valence-corrected chi connectivity index (χ4v) is 3.57. The molecule has 0 aliphatic carbocycles. The lowest BCUT2D eigenvalue weighted by molar-refractivity contribution is 0.0947. The Balaban J connectivity index is 1.45. The van der Waals surface area contributed by atoms with Gasteiger partial charge in [-0.15, -0.1) is 11.3 Å². The molecule has 0 fully saturated rings. The number of thiophene rings is 1. The summed E-state index contributed by atoms with van der Waals surface area (Å²) >= 11 is 1.69. The van der Waals surface area contributed by atoms with Crippen molar-refractivity contribution in [3.05, 3.63) is 75.2 Å². The second kappa shape index (κ2) is 9.32. The number of carbonyl (C=O) groups is 2. The zero-order valence-electron chi connectivity index (χ0n) is 16.1. The van der Waals surface area contributed by atoms with E-state index in [-0.39, 0.29) is 11.8 Å². The predicted molar refractivity (Wildman–Crippen MR) is 111 cm³/mol. The lowest BCUT2D eigenvalue weighted by atomic mass is 10.0. The maximum atomic E-state index is 12.5. The van der Waals surface area contributed by atoms with Gasteiger partial charge in [0, 0.05) is 42.7 Å². The van der Waals surface area contributed by atoms with Crippen molar-refractivity contribution >= 4 is 23.2 Å². The molecule has 2 amide bonds. The van der Waals surface area contributed by atoms with Crippen molar-refractivity contribution in [3.8, 4) is 0 Å². The molecule has 2 aromatic heterocycles. The molecular weight excluding hydrogens is 372 g/mol. The molecule has 0 aliphatic rings. The zero-order valence-corrected chi connectivity index (χ0v) is 16.9. The minimum absolute atomic E-state index is 0.0844. The molecule has 0 bridgehead atoms. The van der Waals surface area contributed by atoms with E-state index < -0.39 is 0 Å². The van der Waals surface area contributed by atoms with Crippen LogP contribution in [0, 0.1) is 6.92 Å². The van der Waals surface area contributed by atoms with Crippen LogP contribution in [0.4, 0.5) is 0 Å². The Bertz CT molecular complexity index is 928. The largest absolute Gasteiger partial charge is 0.352 e. The molecular formula is C21H24N4O2S. The number of rotatable bonds is 8. The van der Waals surface area contributed by atoms with Crippen molar-refractivity contribution in [2.24, 2.45) is 7.05 Å². The van der Waals surface area contributed by atoms with Gasteiger partial charge in [-0.05, 0) is 42.5 Å². The van der Waals surface area contributed by atoms with Gasteiger partial charge in [-0.25, -0.2) is 0 Å². The van der Waals surface area contributed by atoms with E-state index in [1.54, 1.807) is 29.1 Å². The SMILES string of the molecule is Cc1cc(C(=O)NCCCNC(=O)c2ccccc2Cc2cccs2)nn1C. The van der Waals surface area contributed by atoms with Gasteiger partial charge in [0.15, 0.2) is 0 Å². The van der Waals surface area contributed by atoms with Crippen molar-refractivity contribution in [1.29, 1.82) is 0 Å². The highest BCUT2D eigenvalue weighted by Gasteiger charge is 2.12. The fourth-order valence-electron chi connectivity index (χ4n) is 2.85. The van der Waals surface area contributed by atoms with Gasteiger partial charge in [0.25, 0.3) is 11.8 Å². The van der Waals surface area contributed by atoms with Crippen LogP contribution in [0.25, 0.3) is 0 Å². The number of hydrogen-bond acceptors (Lipinski definition) is 4. The minimum Gasteiger partial charge on any atom is -0.352 e. The van der Waals surface area contributed by atoms with Crippen LogP contribution in [0.15, 0.2) is 47.8 Å². The second-order valence-corrected chi connectivity index (χ2v) is 7.61. The summed E-state index contributed by atoms with van der Waals surface area (Å²) in [6, 6.07) is 13.5. The third-order valence-corrected chi connectivity index (χ3v) is 5.35. The number of nitrogens with one attached hydrogen (secondary N) is 2. The normalized spacial score (nSPS) is 10.6. The molecule has 0 aliphatic heterocycles. The Hall–Kier alpha value is -2.93. The first kappa shape index (κ1) is 19.8. The van der Waals surface area contributed by atoms with Crippen LogP contribution < -0.4 is 10.6 Å². The van der Waals surface area contributed by atoms with Gasteiger partial charge < -0.3 is 10.6 Å². The molecule has 0 saturated carbocycles. The van der Waals surface area contributed by atoms with E-state index >= 15 is 0 Å². The van der Waals surface area contributed by atoms with E-state index in [1.165, 1.54) is 4.88 Å². The van der Waals surface area contributed by atoms with E-state index in [0.29, 0.717) is 30.8 Å². The molecule has 28 heavy (non-hydrogen) atoms. The number of benzene rings is 1. The third-order valence-electron chi connectivity index (χ3n) is 4.48. The number of amides is 2. The highest BCUT2D eigenvalue weighted by atomic mass is 32.1. The van der Waals surface area contributed by atoms with Crippen molar-refractivity contribution in [3.63, 3.8) is 0 Å². The van der Waals surface area contributed by atoms with Gasteiger partial charge in [0.2, 0.25) is 0 Å². The van der Waals surface area contributed by atoms with Crippen LogP contribution in [0.1, 0.15) is 43.4 Å². The van der Waals surface area contributed by atoms with E-state index in [1.807, 2.05) is 42.6 Å². The fraction of sp³-hybridized carbons (Fsp3) is 0.286. The summed E-state index contributed by atoms with van der Waals surface area (Å²) in [5, 5.41) is 12.0. The summed E-state index contributed by atoms with van der Waals surface area (Å²) in [4.78, 5) is 25.8. The van der Waals surface area contributed by atoms with E-state index in [2.05, 4.69) is 21.8 Å². The molecule has 0 atom stereocenters. The summed E-state index contributed by atoms with van der Waals surface area (Å²) in [6.45, 7) is 2.87. The van der Waals surface area contributed by atoms with Gasteiger partial charge >= 0.3 is 0 Å². The van der Waals surface area contributed by atoms with Crippen molar-refractivity contribution in [1.82, 2.24) is 20.4 Å². The topological polar surface area (TPSA) is 76.0 Å². The number of aryl methyl sites for hydroxylation is 2. The van der Waals surface area contributed by atoms with Crippen LogP contribution in [0.2, 0.25) is 0 Å². The summed E-state index contributed by atoms with van der Waals surface area (Å²) in [7, 11) is 1.80. The smallest absolute Gasteiger partial charge is 0.271 e. The molecule has 6 nitrogen and oxygen atoms in total. The first-order valence-corrected chi connectivity index (χ1v) is 10.1. The van der Waals surface area contributed by atoms with E-state index in [4.69, 9.17) is 0 Å². The quantitative estimate of drug-likeness (QED) is 0.575. The Morgan fingerprint density at radius 2 is 1.82 bits per heavy atom. The molecule has 7 heteroatoms. The maximum absolute atomic E-state index is 12.5. The molecule has 0 saturated heterocycles. The van der Waals surface area contributed by atoms with Gasteiger partial charge in [-0.3, -0.25) is 14.3 Å². The molecule has 0 unspecified atom stereocenters. The predicted octanol–water partition coefficient (Wildman–Crippen LogP) is 2.93. The van der Waals surface area contributed by atoms with Crippen molar-refractivity contribution < 1.29 is 9.59 Å². The first-order chi connectivity index (χ1) is 13.5. The summed E-state index contributed by atoms with van der Waals surface area (Å²) < 4.78 is 1.67. The standard InChI is InChI=1S/C21H24N4O2S/c1-15-13-19(24-25(15)2)21(27)23-11-6-10-22-20(26)18-9-4-3-7-16(18)14-17-8-5-12-28-17/h3-5,7-9,12-13H,6,10-11,14H2,1-2H3,(H,22,26)(H,23,27). The van der Waals surface area contributed by atoms with Gasteiger partial charge in [0.05, 0.1) is 0 Å². The van der Waals surface area contributed by atoms with Gasteiger partial charge in [-0.1, -0.05) is 24.3 Å². The van der Waals surface area contributed by atoms with Crippen LogP contribution >= 0.6 is 11.3 Å². The highest BCUT2D eigenvalue weighted by Crippen LogP contribution is 2.18. The van der Waals surface area contributed by atoms with Crippen LogP contribution in [0.5, 0.6) is 0 Å². The number of hydrogen-bond donors (Lipinski definition) is 2. The summed E-state index contributed by atoms with van der Waals surface area (Å²) in [6.07, 6.45) is 1.40. The molecule has 1 aromatic carbocycles. The lowest BCUT2D eigenvalue weighted by Crippen LogP contribution is -2.30. The third kappa shape index (κ3) is 5.07. The zero-order chi connectivity index (χ0) is 19.9. The highest BCUT2D eigenvalue weighted by molar-refractivity contribution is 7.09. The average Bonchev–Trinajstić information content (AvgIpc) is 3.31. The van der Waals surface area contributed by atoms with E-state index in [0.717, 1.165) is 17.7 Å². The Morgan fingerprint density at radius 3 is 2.50 bits per heavy atom.